The van der Waals surface area contributed by atoms with E-state index in [0.717, 1.165) is 17.1 Å². The van der Waals surface area contributed by atoms with Crippen LogP contribution in [0.5, 0.6) is 5.88 Å². The Kier molecular flexibility index (Phi) is 6.27. The highest BCUT2D eigenvalue weighted by Crippen LogP contribution is 2.29. The Labute approximate surface area is 202 Å². The molecule has 3 heterocycles. The molecule has 0 N–H and O–H groups in total. The molecule has 4 aromatic rings. The third kappa shape index (κ3) is 4.72. The molecule has 0 fully saturated rings. The summed E-state index contributed by atoms with van der Waals surface area (Å²) in [6.07, 6.45) is 3.26. The Bertz CT molecular complexity index is 1420. The van der Waals surface area contributed by atoms with E-state index in [1.807, 2.05) is 18.2 Å². The van der Waals surface area contributed by atoms with Gasteiger partial charge in [-0.2, -0.15) is 4.98 Å². The number of benzene rings is 1. The van der Waals surface area contributed by atoms with Crippen LogP contribution in [-0.4, -0.2) is 24.5 Å². The van der Waals surface area contributed by atoms with Crippen LogP contribution in [0.3, 0.4) is 0 Å². The van der Waals surface area contributed by atoms with Crippen molar-refractivity contribution in [2.75, 3.05) is 0 Å². The highest BCUT2D eigenvalue weighted by atomic mass is 35.5. The molecule has 0 radical (unpaired) electrons. The summed E-state index contributed by atoms with van der Waals surface area (Å²) in [5, 5.41) is 0.423. The van der Waals surface area contributed by atoms with E-state index in [1.54, 1.807) is 33.0 Å². The molecule has 0 aliphatic rings. The minimum absolute atomic E-state index is 0.147. The molecule has 3 aromatic heterocycles. The van der Waals surface area contributed by atoms with Gasteiger partial charge in [0.15, 0.2) is 5.89 Å². The van der Waals surface area contributed by atoms with Crippen molar-refractivity contribution in [3.63, 3.8) is 0 Å². The molecule has 0 aliphatic heterocycles. The quantitative estimate of drug-likeness (QED) is 0.391. The summed E-state index contributed by atoms with van der Waals surface area (Å²) in [5.41, 5.74) is 2.61. The van der Waals surface area contributed by atoms with E-state index < -0.39 is 0 Å². The number of aromatic nitrogens is 5. The Balaban J connectivity index is 1.73. The van der Waals surface area contributed by atoms with Crippen molar-refractivity contribution in [3.05, 3.63) is 80.9 Å². The van der Waals surface area contributed by atoms with Crippen molar-refractivity contribution in [2.24, 2.45) is 0 Å². The van der Waals surface area contributed by atoms with Gasteiger partial charge in [-0.25, -0.2) is 15.0 Å². The van der Waals surface area contributed by atoms with E-state index in [9.17, 15) is 4.79 Å². The lowest BCUT2D eigenvalue weighted by atomic mass is 9.95. The number of rotatable bonds is 5. The summed E-state index contributed by atoms with van der Waals surface area (Å²) in [6, 6.07) is 7.30. The summed E-state index contributed by atoms with van der Waals surface area (Å²) in [6.45, 7) is 11.5. The van der Waals surface area contributed by atoms with Gasteiger partial charge in [0.25, 0.3) is 5.56 Å². The number of ether oxygens (including phenoxy) is 1. The van der Waals surface area contributed by atoms with Gasteiger partial charge in [-0.05, 0) is 32.0 Å². The van der Waals surface area contributed by atoms with Crippen LogP contribution in [-0.2, 0) is 12.0 Å². The van der Waals surface area contributed by atoms with Crippen LogP contribution in [0, 0.1) is 20.8 Å². The van der Waals surface area contributed by atoms with Gasteiger partial charge in [-0.3, -0.25) is 9.36 Å². The van der Waals surface area contributed by atoms with Crippen LogP contribution in [0.2, 0.25) is 5.02 Å². The Hall–Kier alpha value is -3.52. The van der Waals surface area contributed by atoms with Crippen molar-refractivity contribution in [3.8, 4) is 22.8 Å². The fourth-order valence-corrected chi connectivity index (χ4v) is 3.65. The van der Waals surface area contributed by atoms with Gasteiger partial charge in [-0.15, -0.1) is 0 Å². The van der Waals surface area contributed by atoms with E-state index in [2.05, 4.69) is 35.7 Å². The van der Waals surface area contributed by atoms with Crippen LogP contribution in [0.1, 0.15) is 49.6 Å². The summed E-state index contributed by atoms with van der Waals surface area (Å²) >= 11 is 6.53. The van der Waals surface area contributed by atoms with E-state index in [0.29, 0.717) is 33.7 Å². The van der Waals surface area contributed by atoms with Crippen LogP contribution in [0.25, 0.3) is 16.9 Å². The van der Waals surface area contributed by atoms with Crippen molar-refractivity contribution < 1.29 is 9.15 Å². The summed E-state index contributed by atoms with van der Waals surface area (Å²) < 4.78 is 12.4. The molecule has 0 spiro atoms. The second kappa shape index (κ2) is 9.02. The van der Waals surface area contributed by atoms with Crippen molar-refractivity contribution >= 4 is 11.6 Å². The molecule has 0 atom stereocenters. The zero-order valence-electron chi connectivity index (χ0n) is 20.0. The second-order valence-corrected chi connectivity index (χ2v) is 9.47. The van der Waals surface area contributed by atoms with Crippen LogP contribution < -0.4 is 10.3 Å². The average molecular weight is 480 g/mol. The van der Waals surface area contributed by atoms with E-state index in [4.69, 9.17) is 25.7 Å². The molecular formula is C25H26ClN5O3. The topological polar surface area (TPSA) is 95.9 Å². The number of halogens is 1. The first-order chi connectivity index (χ1) is 16.0. The fourth-order valence-electron chi connectivity index (χ4n) is 3.45. The lowest BCUT2D eigenvalue weighted by molar-refractivity contribution is 0.284. The maximum absolute atomic E-state index is 13.3. The number of aryl methyl sites for hydroxylation is 2. The molecule has 34 heavy (non-hydrogen) atoms. The van der Waals surface area contributed by atoms with Crippen molar-refractivity contribution in [1.82, 2.24) is 24.5 Å². The number of oxazole rings is 1. The van der Waals surface area contributed by atoms with Crippen LogP contribution in [0.4, 0.5) is 0 Å². The molecule has 1 aromatic carbocycles. The highest BCUT2D eigenvalue weighted by Gasteiger charge is 2.20. The lowest BCUT2D eigenvalue weighted by Crippen LogP contribution is -2.25. The molecule has 0 bridgehead atoms. The molecule has 176 valence electrons. The zero-order chi connectivity index (χ0) is 24.6. The van der Waals surface area contributed by atoms with E-state index in [-0.39, 0.29) is 23.5 Å². The first-order valence-electron chi connectivity index (χ1n) is 10.8. The predicted molar refractivity (Wildman–Crippen MR) is 130 cm³/mol. The van der Waals surface area contributed by atoms with Gasteiger partial charge in [0.05, 0.1) is 22.0 Å². The van der Waals surface area contributed by atoms with E-state index in [1.165, 1.54) is 10.8 Å². The lowest BCUT2D eigenvalue weighted by Gasteiger charge is -2.18. The summed E-state index contributed by atoms with van der Waals surface area (Å²) in [4.78, 5) is 31.2. The Morgan fingerprint density at radius 3 is 2.53 bits per heavy atom. The molecular weight excluding hydrogens is 454 g/mol. The smallest absolute Gasteiger partial charge is 0.264 e. The number of nitrogens with zero attached hydrogens (tertiary/aromatic N) is 5. The summed E-state index contributed by atoms with van der Waals surface area (Å²) in [5.74, 6) is 1.97. The first-order valence-corrected chi connectivity index (χ1v) is 11.2. The molecule has 8 nitrogen and oxygen atoms in total. The molecule has 4 rings (SSSR count). The minimum Gasteiger partial charge on any atom is -0.471 e. The van der Waals surface area contributed by atoms with Crippen LogP contribution >= 0.6 is 11.6 Å². The van der Waals surface area contributed by atoms with Gasteiger partial charge >= 0.3 is 0 Å². The third-order valence-corrected chi connectivity index (χ3v) is 5.58. The van der Waals surface area contributed by atoms with Gasteiger partial charge in [0.1, 0.15) is 30.2 Å². The normalized spacial score (nSPS) is 11.6. The monoisotopic (exact) mass is 479 g/mol. The number of hydrogen-bond donors (Lipinski definition) is 0. The van der Waals surface area contributed by atoms with Gasteiger partial charge in [-0.1, -0.05) is 38.4 Å². The molecule has 0 unspecified atom stereocenters. The summed E-state index contributed by atoms with van der Waals surface area (Å²) in [7, 11) is 0. The SMILES string of the molecule is Cc1nc(COc2nc(C)n(-c3cc(-c4ccnc(C(C)(C)C)n4)ccc3Cl)c(=O)c2C)co1. The molecule has 0 saturated heterocycles. The number of hydrogen-bond acceptors (Lipinski definition) is 7. The maximum atomic E-state index is 13.3. The molecule has 0 aliphatic carbocycles. The van der Waals surface area contributed by atoms with Gasteiger partial charge in [0.2, 0.25) is 5.88 Å². The largest absolute Gasteiger partial charge is 0.471 e. The average Bonchev–Trinajstić information content (AvgIpc) is 3.21. The molecule has 0 amide bonds. The Morgan fingerprint density at radius 2 is 1.85 bits per heavy atom. The maximum Gasteiger partial charge on any atom is 0.264 e. The van der Waals surface area contributed by atoms with Crippen molar-refractivity contribution in [2.45, 2.75) is 53.6 Å². The molecule has 9 heteroatoms. The minimum atomic E-state index is -0.268. The standard InChI is InChI=1S/C25H26ClN5O3/c1-14-22(34-13-18-12-33-16(3)29-18)28-15(2)31(23(14)32)21-11-17(7-8-19(21)26)20-9-10-27-24(30-20)25(4,5)6/h7-12H,13H2,1-6H3. The van der Waals surface area contributed by atoms with Gasteiger partial charge in [0, 0.05) is 24.1 Å². The molecule has 0 saturated carbocycles. The highest BCUT2D eigenvalue weighted by molar-refractivity contribution is 6.32. The third-order valence-electron chi connectivity index (χ3n) is 5.26. The van der Waals surface area contributed by atoms with Crippen LogP contribution in [0.15, 0.2) is 45.9 Å². The zero-order valence-corrected chi connectivity index (χ0v) is 20.8. The fraction of sp³-hybridized carbons (Fsp3) is 0.320. The predicted octanol–water partition coefficient (Wildman–Crippen LogP) is 5.13. The van der Waals surface area contributed by atoms with Gasteiger partial charge < -0.3 is 9.15 Å². The van der Waals surface area contributed by atoms with Crippen molar-refractivity contribution in [1.29, 1.82) is 0 Å². The second-order valence-electron chi connectivity index (χ2n) is 9.06. The first kappa shape index (κ1) is 23.6. The Morgan fingerprint density at radius 1 is 1.09 bits per heavy atom. The van der Waals surface area contributed by atoms with E-state index >= 15 is 0 Å².